The van der Waals surface area contributed by atoms with Gasteiger partial charge in [-0.3, -0.25) is 9.59 Å². The fourth-order valence-electron chi connectivity index (χ4n) is 1.99. The summed E-state index contributed by atoms with van der Waals surface area (Å²) in [6.45, 7) is 3.62. The summed E-state index contributed by atoms with van der Waals surface area (Å²) >= 11 is 6.00. The van der Waals surface area contributed by atoms with E-state index in [4.69, 9.17) is 16.3 Å². The second kappa shape index (κ2) is 7.90. The smallest absolute Gasteiger partial charge is 0.250 e. The molecule has 1 N–H and O–H groups in total. The average Bonchev–Trinajstić information content (AvgIpc) is 2.54. The van der Waals surface area contributed by atoms with Crippen LogP contribution in [0.3, 0.4) is 0 Å². The number of carbonyl (C=O) groups excluding carboxylic acids is 2. The minimum absolute atomic E-state index is 0.0450. The molecule has 0 unspecified atom stereocenters. The Kier molecular flexibility index (Phi) is 5.90. The lowest BCUT2D eigenvalue weighted by atomic mass is 10.0. The van der Waals surface area contributed by atoms with Crippen LogP contribution in [0.1, 0.15) is 29.8 Å². The fourth-order valence-corrected chi connectivity index (χ4v) is 2.16. The van der Waals surface area contributed by atoms with Crippen molar-refractivity contribution < 1.29 is 14.3 Å². The Hall–Kier alpha value is -2.17. The highest BCUT2D eigenvalue weighted by atomic mass is 35.5. The second-order valence-corrected chi connectivity index (χ2v) is 5.73. The zero-order valence-electron chi connectivity index (χ0n) is 13.0. The Morgan fingerprint density at radius 2 is 1.83 bits per heavy atom. The number of rotatable bonds is 6. The lowest BCUT2D eigenvalue weighted by Gasteiger charge is -2.12. The molecule has 0 bridgehead atoms. The first-order chi connectivity index (χ1) is 11.0. The van der Waals surface area contributed by atoms with Crippen molar-refractivity contribution in [3.8, 4) is 0 Å². The summed E-state index contributed by atoms with van der Waals surface area (Å²) in [7, 11) is 0. The van der Waals surface area contributed by atoms with Gasteiger partial charge in [0, 0.05) is 16.1 Å². The quantitative estimate of drug-likeness (QED) is 0.816. The normalized spacial score (nSPS) is 10.6. The standard InChI is InChI=1S/C18H18ClNO3/c1-12(2)23-11-17(21)20-16-9-8-14(19)10-15(16)18(22)13-6-4-3-5-7-13/h3-10,12H,11H2,1-2H3,(H,20,21). The molecular weight excluding hydrogens is 314 g/mol. The van der Waals surface area contributed by atoms with Crippen LogP contribution in [0.25, 0.3) is 0 Å². The van der Waals surface area contributed by atoms with E-state index in [2.05, 4.69) is 5.32 Å². The molecule has 4 nitrogen and oxygen atoms in total. The minimum Gasteiger partial charge on any atom is -0.369 e. The maximum Gasteiger partial charge on any atom is 0.250 e. The van der Waals surface area contributed by atoms with Gasteiger partial charge in [-0.05, 0) is 32.0 Å². The minimum atomic E-state index is -0.317. The van der Waals surface area contributed by atoms with Crippen LogP contribution in [0.4, 0.5) is 5.69 Å². The van der Waals surface area contributed by atoms with Crippen LogP contribution in [0.2, 0.25) is 5.02 Å². The van der Waals surface area contributed by atoms with Gasteiger partial charge < -0.3 is 10.1 Å². The molecule has 2 aromatic rings. The second-order valence-electron chi connectivity index (χ2n) is 5.29. The van der Waals surface area contributed by atoms with E-state index in [9.17, 15) is 9.59 Å². The first-order valence-corrected chi connectivity index (χ1v) is 7.66. The van der Waals surface area contributed by atoms with E-state index in [1.54, 1.807) is 42.5 Å². The molecule has 0 aliphatic carbocycles. The Bertz CT molecular complexity index is 699. The van der Waals surface area contributed by atoms with Gasteiger partial charge in [-0.2, -0.15) is 0 Å². The van der Waals surface area contributed by atoms with Crippen LogP contribution in [-0.2, 0) is 9.53 Å². The first kappa shape index (κ1) is 17.2. The number of ether oxygens (including phenoxy) is 1. The summed E-state index contributed by atoms with van der Waals surface area (Å²) in [5.74, 6) is -0.517. The molecule has 0 saturated carbocycles. The maximum absolute atomic E-state index is 12.6. The third kappa shape index (κ3) is 4.91. The molecule has 0 heterocycles. The molecule has 1 amide bonds. The average molecular weight is 332 g/mol. The van der Waals surface area contributed by atoms with Gasteiger partial charge in [0.2, 0.25) is 5.91 Å². The van der Waals surface area contributed by atoms with Crippen molar-refractivity contribution in [3.63, 3.8) is 0 Å². The molecule has 0 aliphatic rings. The summed E-state index contributed by atoms with van der Waals surface area (Å²) in [5, 5.41) is 3.13. The van der Waals surface area contributed by atoms with Gasteiger partial charge in [0.25, 0.3) is 0 Å². The topological polar surface area (TPSA) is 55.4 Å². The lowest BCUT2D eigenvalue weighted by Crippen LogP contribution is -2.22. The summed E-state index contributed by atoms with van der Waals surface area (Å²) < 4.78 is 5.26. The van der Waals surface area contributed by atoms with Gasteiger partial charge in [-0.1, -0.05) is 41.9 Å². The van der Waals surface area contributed by atoms with E-state index < -0.39 is 0 Å². The molecule has 0 fully saturated rings. The monoisotopic (exact) mass is 331 g/mol. The SMILES string of the molecule is CC(C)OCC(=O)Nc1ccc(Cl)cc1C(=O)c1ccccc1. The molecule has 2 aromatic carbocycles. The van der Waals surface area contributed by atoms with Gasteiger partial charge >= 0.3 is 0 Å². The molecule has 2 rings (SSSR count). The van der Waals surface area contributed by atoms with Crippen LogP contribution in [0, 0.1) is 0 Å². The largest absolute Gasteiger partial charge is 0.369 e. The van der Waals surface area contributed by atoms with Crippen molar-refractivity contribution in [2.75, 3.05) is 11.9 Å². The van der Waals surface area contributed by atoms with E-state index in [1.807, 2.05) is 19.9 Å². The van der Waals surface area contributed by atoms with Crippen molar-refractivity contribution >= 4 is 29.0 Å². The Morgan fingerprint density at radius 3 is 2.48 bits per heavy atom. The number of amides is 1. The predicted molar refractivity (Wildman–Crippen MR) is 91.0 cm³/mol. The fraction of sp³-hybridized carbons (Fsp3) is 0.222. The molecule has 0 aromatic heterocycles. The summed E-state index contributed by atoms with van der Waals surface area (Å²) in [4.78, 5) is 24.6. The number of hydrogen-bond donors (Lipinski definition) is 1. The molecule has 0 atom stereocenters. The van der Waals surface area contributed by atoms with Crippen LogP contribution >= 0.6 is 11.6 Å². The van der Waals surface area contributed by atoms with Crippen molar-refractivity contribution in [2.45, 2.75) is 20.0 Å². The third-order valence-corrected chi connectivity index (χ3v) is 3.32. The van der Waals surface area contributed by atoms with E-state index in [-0.39, 0.29) is 24.4 Å². The number of carbonyl (C=O) groups is 2. The maximum atomic E-state index is 12.6. The van der Waals surface area contributed by atoms with Crippen LogP contribution in [-0.4, -0.2) is 24.4 Å². The van der Waals surface area contributed by atoms with E-state index >= 15 is 0 Å². The molecule has 5 heteroatoms. The number of nitrogens with one attached hydrogen (secondary N) is 1. The van der Waals surface area contributed by atoms with Gasteiger partial charge in [-0.15, -0.1) is 0 Å². The Balaban J connectivity index is 2.24. The van der Waals surface area contributed by atoms with Crippen LogP contribution in [0.15, 0.2) is 48.5 Å². The summed E-state index contributed by atoms with van der Waals surface area (Å²) in [5.41, 5.74) is 1.30. The first-order valence-electron chi connectivity index (χ1n) is 7.28. The van der Waals surface area contributed by atoms with E-state index in [0.29, 0.717) is 21.8 Å². The number of halogens is 1. The Morgan fingerprint density at radius 1 is 1.13 bits per heavy atom. The van der Waals surface area contributed by atoms with Crippen LogP contribution in [0.5, 0.6) is 0 Å². The predicted octanol–water partition coefficient (Wildman–Crippen LogP) is 3.93. The molecular formula is C18H18ClNO3. The highest BCUT2D eigenvalue weighted by Gasteiger charge is 2.16. The van der Waals surface area contributed by atoms with E-state index in [1.165, 1.54) is 0 Å². The molecule has 120 valence electrons. The van der Waals surface area contributed by atoms with Gasteiger partial charge in [0.05, 0.1) is 11.8 Å². The lowest BCUT2D eigenvalue weighted by molar-refractivity contribution is -0.121. The summed E-state index contributed by atoms with van der Waals surface area (Å²) in [6, 6.07) is 13.6. The Labute approximate surface area is 140 Å². The van der Waals surface area contributed by atoms with Gasteiger partial charge in [-0.25, -0.2) is 0 Å². The zero-order valence-corrected chi connectivity index (χ0v) is 13.8. The molecule has 0 radical (unpaired) electrons. The molecule has 0 spiro atoms. The van der Waals surface area contributed by atoms with Crippen molar-refractivity contribution in [1.29, 1.82) is 0 Å². The van der Waals surface area contributed by atoms with Crippen molar-refractivity contribution in [3.05, 3.63) is 64.7 Å². The van der Waals surface area contributed by atoms with E-state index in [0.717, 1.165) is 0 Å². The zero-order chi connectivity index (χ0) is 16.8. The number of ketones is 1. The van der Waals surface area contributed by atoms with Gasteiger partial charge in [0.15, 0.2) is 5.78 Å². The summed E-state index contributed by atoms with van der Waals surface area (Å²) in [6.07, 6.45) is -0.0450. The molecule has 0 aliphatic heterocycles. The molecule has 23 heavy (non-hydrogen) atoms. The number of anilines is 1. The highest BCUT2D eigenvalue weighted by molar-refractivity contribution is 6.31. The van der Waals surface area contributed by atoms with Crippen LogP contribution < -0.4 is 5.32 Å². The van der Waals surface area contributed by atoms with Crippen molar-refractivity contribution in [2.24, 2.45) is 0 Å². The van der Waals surface area contributed by atoms with Gasteiger partial charge in [0.1, 0.15) is 6.61 Å². The third-order valence-electron chi connectivity index (χ3n) is 3.08. The van der Waals surface area contributed by atoms with Crippen molar-refractivity contribution in [1.82, 2.24) is 0 Å². The highest BCUT2D eigenvalue weighted by Crippen LogP contribution is 2.23. The number of benzene rings is 2. The number of hydrogen-bond acceptors (Lipinski definition) is 3. The molecule has 0 saturated heterocycles.